The molecule has 1 heterocycles. The number of hydrogen-bond acceptors (Lipinski definition) is 4. The summed E-state index contributed by atoms with van der Waals surface area (Å²) in [6.07, 6.45) is 4.77. The van der Waals surface area contributed by atoms with E-state index in [9.17, 15) is 0 Å². The predicted octanol–water partition coefficient (Wildman–Crippen LogP) is 3.41. The first-order chi connectivity index (χ1) is 7.17. The molecule has 0 radical (unpaired) electrons. The fraction of sp³-hybridized carbons (Fsp3) is 0.818. The summed E-state index contributed by atoms with van der Waals surface area (Å²) in [7, 11) is 0. The zero-order valence-electron chi connectivity index (χ0n) is 9.71. The number of anilines is 1. The topological polar surface area (TPSA) is 37.8 Å². The summed E-state index contributed by atoms with van der Waals surface area (Å²) in [5, 5.41) is 4.49. The van der Waals surface area contributed by atoms with Crippen molar-refractivity contribution in [3.63, 3.8) is 0 Å². The third-order valence-corrected chi connectivity index (χ3v) is 4.00. The lowest BCUT2D eigenvalue weighted by molar-refractivity contribution is 0.478. The van der Waals surface area contributed by atoms with Crippen molar-refractivity contribution in [1.82, 2.24) is 9.36 Å². The fourth-order valence-electron chi connectivity index (χ4n) is 1.48. The van der Waals surface area contributed by atoms with Crippen molar-refractivity contribution >= 4 is 16.7 Å². The van der Waals surface area contributed by atoms with Gasteiger partial charge in [-0.05, 0) is 32.6 Å². The molecule has 0 unspecified atom stereocenters. The summed E-state index contributed by atoms with van der Waals surface area (Å²) >= 11 is 1.50. The third kappa shape index (κ3) is 2.48. The maximum atomic E-state index is 4.55. The summed E-state index contributed by atoms with van der Waals surface area (Å²) in [6.45, 7) is 6.66. The Labute approximate surface area is 95.5 Å². The zero-order valence-corrected chi connectivity index (χ0v) is 10.5. The molecule has 1 saturated carbocycles. The molecule has 4 heteroatoms. The number of nitrogens with zero attached hydrogens (tertiary/aromatic N) is 2. The highest BCUT2D eigenvalue weighted by Gasteiger charge is 2.28. The van der Waals surface area contributed by atoms with Crippen LogP contribution in [0.3, 0.4) is 0 Å². The van der Waals surface area contributed by atoms with Crippen LogP contribution in [-0.2, 0) is 0 Å². The Morgan fingerprint density at radius 3 is 2.60 bits per heavy atom. The van der Waals surface area contributed by atoms with Crippen molar-refractivity contribution in [3.8, 4) is 0 Å². The lowest BCUT2D eigenvalue weighted by Gasteiger charge is -2.27. The maximum Gasteiger partial charge on any atom is 0.203 e. The van der Waals surface area contributed by atoms with Crippen LogP contribution in [0.15, 0.2) is 0 Å². The van der Waals surface area contributed by atoms with Crippen LogP contribution in [0.4, 0.5) is 5.13 Å². The minimum atomic E-state index is 0.167. The van der Waals surface area contributed by atoms with Crippen LogP contribution in [0.25, 0.3) is 0 Å². The molecule has 1 aliphatic carbocycles. The molecule has 3 nitrogen and oxygen atoms in total. The highest BCUT2D eigenvalue weighted by molar-refractivity contribution is 7.09. The van der Waals surface area contributed by atoms with Gasteiger partial charge in [-0.1, -0.05) is 13.8 Å². The standard InChI is InChI=1S/C11H19N3S/c1-4-11(3,5-2)13-10-12-9(14-15-10)8-6-7-8/h8H,4-7H2,1-3H3,(H,12,13,14). The van der Waals surface area contributed by atoms with E-state index in [4.69, 9.17) is 0 Å². The second kappa shape index (κ2) is 4.08. The molecule has 0 spiro atoms. The average molecular weight is 225 g/mol. The molecule has 15 heavy (non-hydrogen) atoms. The molecular formula is C11H19N3S. The van der Waals surface area contributed by atoms with E-state index in [1.54, 1.807) is 0 Å². The van der Waals surface area contributed by atoms with Gasteiger partial charge in [-0.25, -0.2) is 4.98 Å². The Hall–Kier alpha value is -0.640. The van der Waals surface area contributed by atoms with Crippen LogP contribution < -0.4 is 5.32 Å². The molecule has 84 valence electrons. The Bertz CT molecular complexity index is 326. The molecule has 1 aliphatic rings. The summed E-state index contributed by atoms with van der Waals surface area (Å²) < 4.78 is 4.40. The van der Waals surface area contributed by atoms with E-state index in [0.29, 0.717) is 5.92 Å². The minimum absolute atomic E-state index is 0.167. The van der Waals surface area contributed by atoms with E-state index in [-0.39, 0.29) is 5.54 Å². The molecule has 1 fully saturated rings. The van der Waals surface area contributed by atoms with Crippen molar-refractivity contribution in [1.29, 1.82) is 0 Å². The van der Waals surface area contributed by atoms with Gasteiger partial charge in [-0.3, -0.25) is 0 Å². The van der Waals surface area contributed by atoms with Crippen LogP contribution in [0.1, 0.15) is 58.2 Å². The van der Waals surface area contributed by atoms with Crippen LogP contribution >= 0.6 is 11.5 Å². The summed E-state index contributed by atoms with van der Waals surface area (Å²) in [5.74, 6) is 1.71. The molecule has 0 aliphatic heterocycles. The van der Waals surface area contributed by atoms with Gasteiger partial charge >= 0.3 is 0 Å². The molecule has 2 rings (SSSR count). The van der Waals surface area contributed by atoms with Crippen molar-refractivity contribution in [3.05, 3.63) is 5.82 Å². The van der Waals surface area contributed by atoms with Crippen LogP contribution in [0, 0.1) is 0 Å². The minimum Gasteiger partial charge on any atom is -0.355 e. The summed E-state index contributed by atoms with van der Waals surface area (Å²) in [5.41, 5.74) is 0.167. The molecule has 0 bridgehead atoms. The van der Waals surface area contributed by atoms with Gasteiger partial charge in [0.05, 0.1) is 0 Å². The number of aromatic nitrogens is 2. The summed E-state index contributed by atoms with van der Waals surface area (Å²) in [4.78, 5) is 4.55. The van der Waals surface area contributed by atoms with Gasteiger partial charge in [0.2, 0.25) is 5.13 Å². The monoisotopic (exact) mass is 225 g/mol. The Kier molecular flexibility index (Phi) is 2.96. The van der Waals surface area contributed by atoms with Crippen molar-refractivity contribution in [2.45, 2.75) is 57.9 Å². The van der Waals surface area contributed by atoms with Crippen LogP contribution in [-0.4, -0.2) is 14.9 Å². The Morgan fingerprint density at radius 2 is 2.07 bits per heavy atom. The van der Waals surface area contributed by atoms with Gasteiger partial charge in [0, 0.05) is 23.0 Å². The molecule has 1 aromatic rings. The van der Waals surface area contributed by atoms with Gasteiger partial charge in [-0.2, -0.15) is 4.37 Å². The molecular weight excluding hydrogens is 206 g/mol. The normalized spacial score (nSPS) is 16.7. The fourth-order valence-corrected chi connectivity index (χ4v) is 2.27. The molecule has 0 amide bonds. The van der Waals surface area contributed by atoms with E-state index >= 15 is 0 Å². The predicted molar refractivity (Wildman–Crippen MR) is 64.5 cm³/mol. The molecule has 0 saturated heterocycles. The largest absolute Gasteiger partial charge is 0.355 e. The van der Waals surface area contributed by atoms with Crippen molar-refractivity contribution < 1.29 is 0 Å². The van der Waals surface area contributed by atoms with Gasteiger partial charge in [0.25, 0.3) is 0 Å². The van der Waals surface area contributed by atoms with Gasteiger partial charge < -0.3 is 5.32 Å². The number of nitrogens with one attached hydrogen (secondary N) is 1. The first-order valence-corrected chi connectivity index (χ1v) is 6.56. The van der Waals surface area contributed by atoms with E-state index in [1.807, 2.05) is 0 Å². The van der Waals surface area contributed by atoms with E-state index in [0.717, 1.165) is 23.8 Å². The smallest absolute Gasteiger partial charge is 0.203 e. The molecule has 1 N–H and O–H groups in total. The zero-order chi connectivity index (χ0) is 10.9. The van der Waals surface area contributed by atoms with E-state index < -0.39 is 0 Å². The van der Waals surface area contributed by atoms with Gasteiger partial charge in [0.1, 0.15) is 5.82 Å². The summed E-state index contributed by atoms with van der Waals surface area (Å²) in [6, 6.07) is 0. The quantitative estimate of drug-likeness (QED) is 0.834. The maximum absolute atomic E-state index is 4.55. The lowest BCUT2D eigenvalue weighted by Crippen LogP contribution is -2.32. The van der Waals surface area contributed by atoms with Gasteiger partial charge in [0.15, 0.2) is 0 Å². The second-order valence-electron chi connectivity index (χ2n) is 4.62. The highest BCUT2D eigenvalue weighted by atomic mass is 32.1. The first-order valence-electron chi connectivity index (χ1n) is 5.78. The third-order valence-electron chi connectivity index (χ3n) is 3.35. The Balaban J connectivity index is 2.02. The van der Waals surface area contributed by atoms with Crippen LogP contribution in [0.2, 0.25) is 0 Å². The molecule has 0 atom stereocenters. The lowest BCUT2D eigenvalue weighted by atomic mass is 9.96. The number of hydrogen-bond donors (Lipinski definition) is 1. The SMILES string of the molecule is CCC(C)(CC)Nc1nc(C2CC2)ns1. The highest BCUT2D eigenvalue weighted by Crippen LogP contribution is 2.39. The Morgan fingerprint density at radius 1 is 1.40 bits per heavy atom. The molecule has 0 aromatic carbocycles. The van der Waals surface area contributed by atoms with Crippen molar-refractivity contribution in [2.24, 2.45) is 0 Å². The molecule has 1 aromatic heterocycles. The van der Waals surface area contributed by atoms with Gasteiger partial charge in [-0.15, -0.1) is 0 Å². The average Bonchev–Trinajstić information content (AvgIpc) is 3.00. The van der Waals surface area contributed by atoms with E-state index in [2.05, 4.69) is 35.4 Å². The van der Waals surface area contributed by atoms with Crippen LogP contribution in [0.5, 0.6) is 0 Å². The van der Waals surface area contributed by atoms with Crippen molar-refractivity contribution in [2.75, 3.05) is 5.32 Å². The first kappa shape index (κ1) is 10.9. The van der Waals surface area contributed by atoms with E-state index in [1.165, 1.54) is 24.4 Å². The second-order valence-corrected chi connectivity index (χ2v) is 5.38. The number of rotatable bonds is 5.